The Hall–Kier alpha value is -1.99. The molecule has 0 radical (unpaired) electrons. The Morgan fingerprint density at radius 3 is 2.71 bits per heavy atom. The summed E-state index contributed by atoms with van der Waals surface area (Å²) in [5.74, 6) is -0.0330. The molecule has 0 bridgehead atoms. The zero-order valence-electron chi connectivity index (χ0n) is 13.9. The van der Waals surface area contributed by atoms with E-state index >= 15 is 0 Å². The average molecular weight is 346 g/mol. The number of nitrogens with zero attached hydrogens (tertiary/aromatic N) is 2. The summed E-state index contributed by atoms with van der Waals surface area (Å²) < 4.78 is 48.6. The Morgan fingerprint density at radius 2 is 2.08 bits per heavy atom. The van der Waals surface area contributed by atoms with Gasteiger partial charge in [-0.1, -0.05) is 0 Å². The molecular weight excluding hydrogens is 325 g/mol. The van der Waals surface area contributed by atoms with Crippen LogP contribution in [0.4, 0.5) is 18.0 Å². The van der Waals surface area contributed by atoms with Gasteiger partial charge in [-0.05, 0) is 33.3 Å². The molecule has 2 rings (SSSR count). The minimum absolute atomic E-state index is 0.0360. The number of rotatable bonds is 3. The van der Waals surface area contributed by atoms with Crippen molar-refractivity contribution in [3.05, 3.63) is 23.9 Å². The van der Waals surface area contributed by atoms with Crippen LogP contribution in [0.3, 0.4) is 0 Å². The highest BCUT2D eigenvalue weighted by molar-refractivity contribution is 5.68. The molecule has 0 spiro atoms. The highest BCUT2D eigenvalue weighted by Gasteiger charge is 2.32. The number of hydrogen-bond acceptors (Lipinski definition) is 4. The van der Waals surface area contributed by atoms with Gasteiger partial charge in [0.15, 0.2) is 0 Å². The molecule has 0 aromatic carbocycles. The topological polar surface area (TPSA) is 51.7 Å². The minimum atomic E-state index is -4.43. The Kier molecular flexibility index (Phi) is 5.25. The van der Waals surface area contributed by atoms with E-state index in [4.69, 9.17) is 9.47 Å². The number of carbonyl (C=O) groups excluding carboxylic acids is 1. The third kappa shape index (κ3) is 5.28. The van der Waals surface area contributed by atoms with E-state index in [1.807, 2.05) is 0 Å². The zero-order valence-corrected chi connectivity index (χ0v) is 13.9. The predicted octanol–water partition coefficient (Wildman–Crippen LogP) is 3.74. The number of ether oxygens (including phenoxy) is 2. The zero-order chi connectivity index (χ0) is 18.0. The van der Waals surface area contributed by atoms with E-state index in [1.165, 1.54) is 0 Å². The van der Waals surface area contributed by atoms with Crippen LogP contribution in [0.2, 0.25) is 0 Å². The van der Waals surface area contributed by atoms with E-state index in [2.05, 4.69) is 4.98 Å². The first-order valence-electron chi connectivity index (χ1n) is 7.68. The van der Waals surface area contributed by atoms with Crippen molar-refractivity contribution in [3.63, 3.8) is 0 Å². The largest absolute Gasteiger partial charge is 0.477 e. The molecule has 24 heavy (non-hydrogen) atoms. The van der Waals surface area contributed by atoms with Gasteiger partial charge in [-0.2, -0.15) is 13.2 Å². The van der Waals surface area contributed by atoms with Gasteiger partial charge in [-0.15, -0.1) is 0 Å². The molecule has 1 atom stereocenters. The molecule has 1 aromatic rings. The maximum absolute atomic E-state index is 12.6. The lowest BCUT2D eigenvalue weighted by molar-refractivity contribution is -0.137. The van der Waals surface area contributed by atoms with Crippen LogP contribution in [0.25, 0.3) is 0 Å². The molecule has 1 aliphatic heterocycles. The molecule has 0 unspecified atom stereocenters. The summed E-state index contributed by atoms with van der Waals surface area (Å²) in [6.45, 7) is 6.57. The van der Waals surface area contributed by atoms with E-state index in [0.717, 1.165) is 18.3 Å². The lowest BCUT2D eigenvalue weighted by Crippen LogP contribution is -2.35. The normalized spacial score (nSPS) is 18.6. The number of amides is 1. The number of alkyl halides is 3. The highest BCUT2D eigenvalue weighted by Crippen LogP contribution is 2.30. The van der Waals surface area contributed by atoms with Gasteiger partial charge in [-0.3, -0.25) is 0 Å². The van der Waals surface area contributed by atoms with Gasteiger partial charge >= 0.3 is 12.3 Å². The fourth-order valence-corrected chi connectivity index (χ4v) is 2.33. The SMILES string of the molecule is CC(C)(C)OC(=O)N1CC[C@@H](COc2cc(C(F)(F)F)ccn2)C1. The first-order chi connectivity index (χ1) is 11.0. The van der Waals surface area contributed by atoms with Crippen molar-refractivity contribution in [2.24, 2.45) is 5.92 Å². The molecule has 5 nitrogen and oxygen atoms in total. The van der Waals surface area contributed by atoms with Crippen LogP contribution in [0, 0.1) is 5.92 Å². The average Bonchev–Trinajstić information content (AvgIpc) is 2.92. The number of carbonyl (C=O) groups is 1. The van der Waals surface area contributed by atoms with Gasteiger partial charge in [0.25, 0.3) is 0 Å². The standard InChI is InChI=1S/C16H21F3N2O3/c1-15(2,3)24-14(22)21-7-5-11(9-21)10-23-13-8-12(4-6-20-13)16(17,18)19/h4,6,8,11H,5,7,9-10H2,1-3H3/t11-/m1/s1. The summed E-state index contributed by atoms with van der Waals surface area (Å²) in [5.41, 5.74) is -1.36. The number of hydrogen-bond donors (Lipinski definition) is 0. The summed E-state index contributed by atoms with van der Waals surface area (Å²) in [6.07, 6.45) is -3.04. The second-order valence-corrected chi connectivity index (χ2v) is 6.77. The fourth-order valence-electron chi connectivity index (χ4n) is 2.33. The molecule has 8 heteroatoms. The number of aromatic nitrogens is 1. The number of pyridine rings is 1. The quantitative estimate of drug-likeness (QED) is 0.837. The molecule has 0 saturated carbocycles. The van der Waals surface area contributed by atoms with E-state index in [-0.39, 0.29) is 24.5 Å². The van der Waals surface area contributed by atoms with Crippen molar-refractivity contribution < 1.29 is 27.4 Å². The monoisotopic (exact) mass is 346 g/mol. The Bertz CT molecular complexity index is 585. The first-order valence-corrected chi connectivity index (χ1v) is 7.68. The Balaban J connectivity index is 1.85. The fraction of sp³-hybridized carbons (Fsp3) is 0.625. The summed E-state index contributed by atoms with van der Waals surface area (Å²) in [6, 6.07) is 1.77. The minimum Gasteiger partial charge on any atom is -0.477 e. The smallest absolute Gasteiger partial charge is 0.416 e. The van der Waals surface area contributed by atoms with Crippen LogP contribution < -0.4 is 4.74 Å². The molecule has 1 saturated heterocycles. The third-order valence-electron chi connectivity index (χ3n) is 3.47. The maximum atomic E-state index is 12.6. The van der Waals surface area contributed by atoms with Crippen molar-refractivity contribution >= 4 is 6.09 Å². The van der Waals surface area contributed by atoms with E-state index in [0.29, 0.717) is 19.5 Å². The van der Waals surface area contributed by atoms with Gasteiger partial charge < -0.3 is 14.4 Å². The lowest BCUT2D eigenvalue weighted by Gasteiger charge is -2.24. The molecular formula is C16H21F3N2O3. The van der Waals surface area contributed by atoms with Crippen LogP contribution in [-0.2, 0) is 10.9 Å². The molecule has 1 aromatic heterocycles. The van der Waals surface area contributed by atoms with Crippen molar-refractivity contribution in [1.82, 2.24) is 9.88 Å². The Labute approximate surface area is 138 Å². The molecule has 0 N–H and O–H groups in total. The van der Waals surface area contributed by atoms with Crippen molar-refractivity contribution in [2.75, 3.05) is 19.7 Å². The summed E-state index contributed by atoms with van der Waals surface area (Å²) in [5, 5.41) is 0. The third-order valence-corrected chi connectivity index (χ3v) is 3.47. The predicted molar refractivity (Wildman–Crippen MR) is 80.6 cm³/mol. The van der Waals surface area contributed by atoms with Crippen LogP contribution in [0.1, 0.15) is 32.8 Å². The molecule has 134 valence electrons. The van der Waals surface area contributed by atoms with E-state index in [1.54, 1.807) is 25.7 Å². The molecule has 2 heterocycles. The van der Waals surface area contributed by atoms with Crippen LogP contribution in [-0.4, -0.2) is 41.3 Å². The molecule has 1 amide bonds. The lowest BCUT2D eigenvalue weighted by atomic mass is 10.1. The second kappa shape index (κ2) is 6.86. The Morgan fingerprint density at radius 1 is 1.38 bits per heavy atom. The van der Waals surface area contributed by atoms with Gasteiger partial charge in [0.1, 0.15) is 5.60 Å². The van der Waals surface area contributed by atoms with Crippen LogP contribution >= 0.6 is 0 Å². The van der Waals surface area contributed by atoms with Gasteiger partial charge in [-0.25, -0.2) is 9.78 Å². The van der Waals surface area contributed by atoms with E-state index < -0.39 is 17.3 Å². The number of halogens is 3. The summed E-state index contributed by atoms with van der Waals surface area (Å²) in [4.78, 5) is 17.3. The maximum Gasteiger partial charge on any atom is 0.416 e. The van der Waals surface area contributed by atoms with E-state index in [9.17, 15) is 18.0 Å². The van der Waals surface area contributed by atoms with Crippen LogP contribution in [0.15, 0.2) is 18.3 Å². The van der Waals surface area contributed by atoms with Gasteiger partial charge in [0.2, 0.25) is 5.88 Å². The second-order valence-electron chi connectivity index (χ2n) is 6.77. The highest BCUT2D eigenvalue weighted by atomic mass is 19.4. The van der Waals surface area contributed by atoms with Gasteiger partial charge in [0, 0.05) is 31.3 Å². The van der Waals surface area contributed by atoms with Crippen molar-refractivity contribution in [2.45, 2.75) is 39.0 Å². The van der Waals surface area contributed by atoms with Crippen molar-refractivity contribution in [1.29, 1.82) is 0 Å². The number of likely N-dealkylation sites (tertiary alicyclic amines) is 1. The van der Waals surface area contributed by atoms with Crippen LogP contribution in [0.5, 0.6) is 5.88 Å². The molecule has 1 fully saturated rings. The molecule has 1 aliphatic rings. The first kappa shape index (κ1) is 18.4. The van der Waals surface area contributed by atoms with Gasteiger partial charge in [0.05, 0.1) is 12.2 Å². The summed E-state index contributed by atoms with van der Waals surface area (Å²) >= 11 is 0. The summed E-state index contributed by atoms with van der Waals surface area (Å²) in [7, 11) is 0. The van der Waals surface area contributed by atoms with Crippen molar-refractivity contribution in [3.8, 4) is 5.88 Å². The molecule has 0 aliphatic carbocycles.